The summed E-state index contributed by atoms with van der Waals surface area (Å²) in [6, 6.07) is 1.39. The van der Waals surface area contributed by atoms with Gasteiger partial charge in [0.15, 0.2) is 0 Å². The lowest BCUT2D eigenvalue weighted by molar-refractivity contribution is 0.137. The zero-order chi connectivity index (χ0) is 14.8. The first-order valence-electron chi connectivity index (χ1n) is 8.57. The van der Waals surface area contributed by atoms with Crippen molar-refractivity contribution < 1.29 is 0 Å². The zero-order valence-corrected chi connectivity index (χ0v) is 14.3. The third-order valence-electron chi connectivity index (χ3n) is 4.93. The van der Waals surface area contributed by atoms with Gasteiger partial charge in [0.2, 0.25) is 0 Å². The molecule has 2 N–H and O–H groups in total. The van der Waals surface area contributed by atoms with Crippen molar-refractivity contribution in [1.29, 1.82) is 0 Å². The lowest BCUT2D eigenvalue weighted by Crippen LogP contribution is -2.62. The number of nitrogens with zero attached hydrogens (tertiary/aromatic N) is 1. The Hall–Kier alpha value is -0.120. The van der Waals surface area contributed by atoms with E-state index in [2.05, 4.69) is 50.2 Å². The van der Waals surface area contributed by atoms with Crippen LogP contribution in [0, 0.1) is 0 Å². The SMILES string of the molecule is CCN1CCCC(NC2CC(C)(C)NC(C)(C)C2)CC1. The summed E-state index contributed by atoms with van der Waals surface area (Å²) in [7, 11) is 0. The molecule has 0 radical (unpaired) electrons. The smallest absolute Gasteiger partial charge is 0.0144 e. The molecule has 1 atom stereocenters. The van der Waals surface area contributed by atoms with E-state index in [0.29, 0.717) is 6.04 Å². The average molecular weight is 281 g/mol. The Bertz CT molecular complexity index is 295. The van der Waals surface area contributed by atoms with Crippen LogP contribution in [0.15, 0.2) is 0 Å². The fourth-order valence-corrected chi connectivity index (χ4v) is 4.41. The Kier molecular flexibility index (Phi) is 5.14. The lowest BCUT2D eigenvalue weighted by atomic mass is 9.79. The van der Waals surface area contributed by atoms with E-state index in [1.807, 2.05) is 0 Å². The summed E-state index contributed by atoms with van der Waals surface area (Å²) in [6.07, 6.45) is 6.50. The second-order valence-corrected chi connectivity index (χ2v) is 8.23. The van der Waals surface area contributed by atoms with E-state index >= 15 is 0 Å². The molecule has 0 aromatic carbocycles. The molecule has 0 spiro atoms. The quantitative estimate of drug-likeness (QED) is 0.833. The van der Waals surface area contributed by atoms with Gasteiger partial charge in [-0.05, 0) is 79.4 Å². The average Bonchev–Trinajstić information content (AvgIpc) is 2.50. The van der Waals surface area contributed by atoms with E-state index in [4.69, 9.17) is 0 Å². The van der Waals surface area contributed by atoms with Gasteiger partial charge in [-0.1, -0.05) is 6.92 Å². The Morgan fingerprint density at radius 2 is 1.65 bits per heavy atom. The molecule has 0 aromatic rings. The fraction of sp³-hybridized carbons (Fsp3) is 1.00. The number of piperidine rings is 1. The summed E-state index contributed by atoms with van der Waals surface area (Å²) in [6.45, 7) is 15.4. The minimum Gasteiger partial charge on any atom is -0.311 e. The van der Waals surface area contributed by atoms with E-state index < -0.39 is 0 Å². The van der Waals surface area contributed by atoms with Crippen LogP contribution in [-0.2, 0) is 0 Å². The Morgan fingerprint density at radius 3 is 2.25 bits per heavy atom. The summed E-state index contributed by atoms with van der Waals surface area (Å²) in [5.74, 6) is 0. The molecular formula is C17H35N3. The first kappa shape index (κ1) is 16.3. The van der Waals surface area contributed by atoms with Gasteiger partial charge in [-0.15, -0.1) is 0 Å². The van der Waals surface area contributed by atoms with Crippen LogP contribution in [0.4, 0.5) is 0 Å². The van der Waals surface area contributed by atoms with Gasteiger partial charge in [-0.2, -0.15) is 0 Å². The number of hydrogen-bond donors (Lipinski definition) is 2. The number of likely N-dealkylation sites (tertiary alicyclic amines) is 1. The molecule has 2 rings (SSSR count). The number of rotatable bonds is 3. The molecule has 118 valence electrons. The molecule has 0 aliphatic carbocycles. The van der Waals surface area contributed by atoms with Crippen molar-refractivity contribution in [3.05, 3.63) is 0 Å². The molecule has 20 heavy (non-hydrogen) atoms. The van der Waals surface area contributed by atoms with Gasteiger partial charge < -0.3 is 15.5 Å². The van der Waals surface area contributed by atoms with Gasteiger partial charge >= 0.3 is 0 Å². The van der Waals surface area contributed by atoms with Crippen LogP contribution in [0.25, 0.3) is 0 Å². The molecule has 2 aliphatic heterocycles. The van der Waals surface area contributed by atoms with Crippen LogP contribution >= 0.6 is 0 Å². The third-order valence-corrected chi connectivity index (χ3v) is 4.93. The Morgan fingerprint density at radius 1 is 1.00 bits per heavy atom. The van der Waals surface area contributed by atoms with Crippen LogP contribution in [0.1, 0.15) is 66.7 Å². The normalized spacial score (nSPS) is 31.9. The van der Waals surface area contributed by atoms with Crippen LogP contribution in [-0.4, -0.2) is 47.7 Å². The van der Waals surface area contributed by atoms with E-state index in [1.54, 1.807) is 0 Å². The highest BCUT2D eigenvalue weighted by molar-refractivity contribution is 5.00. The highest BCUT2D eigenvalue weighted by atomic mass is 15.1. The largest absolute Gasteiger partial charge is 0.311 e. The zero-order valence-electron chi connectivity index (χ0n) is 14.3. The summed E-state index contributed by atoms with van der Waals surface area (Å²) >= 11 is 0. The molecule has 0 saturated carbocycles. The molecule has 0 bridgehead atoms. The van der Waals surface area contributed by atoms with E-state index in [9.17, 15) is 0 Å². The van der Waals surface area contributed by atoms with Crippen molar-refractivity contribution in [3.8, 4) is 0 Å². The fourth-order valence-electron chi connectivity index (χ4n) is 4.41. The van der Waals surface area contributed by atoms with Gasteiger partial charge in [0, 0.05) is 23.2 Å². The monoisotopic (exact) mass is 281 g/mol. The van der Waals surface area contributed by atoms with Crippen molar-refractivity contribution in [2.45, 2.75) is 89.9 Å². The summed E-state index contributed by atoms with van der Waals surface area (Å²) in [4.78, 5) is 2.60. The maximum Gasteiger partial charge on any atom is 0.0144 e. The molecule has 3 nitrogen and oxygen atoms in total. The number of nitrogens with one attached hydrogen (secondary N) is 2. The molecular weight excluding hydrogens is 246 g/mol. The predicted octanol–water partition coefficient (Wildman–Crippen LogP) is 2.76. The van der Waals surface area contributed by atoms with Crippen LogP contribution < -0.4 is 10.6 Å². The Balaban J connectivity index is 1.89. The Labute approximate surface area is 125 Å². The predicted molar refractivity (Wildman–Crippen MR) is 87.2 cm³/mol. The lowest BCUT2D eigenvalue weighted by Gasteiger charge is -2.47. The third kappa shape index (κ3) is 4.71. The van der Waals surface area contributed by atoms with Crippen molar-refractivity contribution in [2.24, 2.45) is 0 Å². The van der Waals surface area contributed by atoms with E-state index in [1.165, 1.54) is 51.7 Å². The second-order valence-electron chi connectivity index (χ2n) is 8.23. The van der Waals surface area contributed by atoms with Crippen molar-refractivity contribution in [3.63, 3.8) is 0 Å². The highest BCUT2D eigenvalue weighted by Gasteiger charge is 2.38. The van der Waals surface area contributed by atoms with E-state index in [-0.39, 0.29) is 11.1 Å². The summed E-state index contributed by atoms with van der Waals surface area (Å²) in [5, 5.41) is 7.77. The number of hydrogen-bond acceptors (Lipinski definition) is 3. The molecule has 2 saturated heterocycles. The minimum absolute atomic E-state index is 0.250. The second kappa shape index (κ2) is 6.33. The standard InChI is InChI=1S/C17H35N3/c1-6-20-10-7-8-14(9-11-20)18-15-12-16(2,3)19-17(4,5)13-15/h14-15,18-19H,6-13H2,1-5H3. The van der Waals surface area contributed by atoms with Crippen molar-refractivity contribution in [2.75, 3.05) is 19.6 Å². The summed E-state index contributed by atoms with van der Waals surface area (Å²) in [5.41, 5.74) is 0.499. The van der Waals surface area contributed by atoms with Crippen molar-refractivity contribution in [1.82, 2.24) is 15.5 Å². The summed E-state index contributed by atoms with van der Waals surface area (Å²) < 4.78 is 0. The first-order chi connectivity index (χ1) is 9.30. The maximum atomic E-state index is 3.99. The molecule has 2 aliphatic rings. The van der Waals surface area contributed by atoms with Crippen LogP contribution in [0.2, 0.25) is 0 Å². The van der Waals surface area contributed by atoms with Gasteiger partial charge in [-0.25, -0.2) is 0 Å². The van der Waals surface area contributed by atoms with Gasteiger partial charge in [0.05, 0.1) is 0 Å². The molecule has 3 heteroatoms. The molecule has 1 unspecified atom stereocenters. The van der Waals surface area contributed by atoms with Gasteiger partial charge in [0.1, 0.15) is 0 Å². The van der Waals surface area contributed by atoms with Crippen molar-refractivity contribution >= 4 is 0 Å². The van der Waals surface area contributed by atoms with Crippen LogP contribution in [0.3, 0.4) is 0 Å². The van der Waals surface area contributed by atoms with Crippen LogP contribution in [0.5, 0.6) is 0 Å². The molecule has 2 fully saturated rings. The molecule has 0 amide bonds. The molecule has 0 aromatic heterocycles. The van der Waals surface area contributed by atoms with Gasteiger partial charge in [-0.3, -0.25) is 0 Å². The maximum absolute atomic E-state index is 3.99. The highest BCUT2D eigenvalue weighted by Crippen LogP contribution is 2.29. The topological polar surface area (TPSA) is 27.3 Å². The first-order valence-corrected chi connectivity index (χ1v) is 8.57. The molecule has 2 heterocycles. The van der Waals surface area contributed by atoms with E-state index in [0.717, 1.165) is 6.04 Å². The minimum atomic E-state index is 0.250. The van der Waals surface area contributed by atoms with Gasteiger partial charge in [0.25, 0.3) is 0 Å².